The van der Waals surface area contributed by atoms with Gasteiger partial charge in [0, 0.05) is 11.1 Å². The first-order valence-corrected chi connectivity index (χ1v) is 8.63. The van der Waals surface area contributed by atoms with Crippen LogP contribution in [0.2, 0.25) is 0 Å². The zero-order chi connectivity index (χ0) is 18.6. The molecule has 0 bridgehead atoms. The van der Waals surface area contributed by atoms with Crippen molar-refractivity contribution in [1.82, 2.24) is 15.3 Å². The van der Waals surface area contributed by atoms with E-state index in [1.807, 2.05) is 30.3 Å². The van der Waals surface area contributed by atoms with Gasteiger partial charge in [0.1, 0.15) is 5.82 Å². The Labute approximate surface area is 156 Å². The Morgan fingerprint density at radius 2 is 1.48 bits per heavy atom. The van der Waals surface area contributed by atoms with Crippen molar-refractivity contribution in [2.24, 2.45) is 0 Å². The largest absolute Gasteiger partial charge is 0.345 e. The number of hydrogen-bond donors (Lipinski definition) is 2. The Morgan fingerprint density at radius 3 is 2.26 bits per heavy atom. The summed E-state index contributed by atoms with van der Waals surface area (Å²) < 4.78 is 0. The standard InChI is InChI=1S/C22H17N3O2/c26-21(15-8-2-1-3-9-15)16-10-4-5-11-17(16)22(27)23-14-20-24-18-12-6-7-13-19(18)25-20/h1-13H,14H2,(H,23,27)(H,24,25). The lowest BCUT2D eigenvalue weighted by molar-refractivity contribution is 0.0939. The molecule has 0 saturated carbocycles. The number of ketones is 1. The van der Waals surface area contributed by atoms with Crippen LogP contribution in [0.4, 0.5) is 0 Å². The molecular formula is C22H17N3O2. The number of nitrogens with one attached hydrogen (secondary N) is 2. The number of rotatable bonds is 5. The highest BCUT2D eigenvalue weighted by molar-refractivity contribution is 6.15. The van der Waals surface area contributed by atoms with E-state index in [2.05, 4.69) is 15.3 Å². The fourth-order valence-corrected chi connectivity index (χ4v) is 2.97. The molecule has 27 heavy (non-hydrogen) atoms. The highest BCUT2D eigenvalue weighted by Gasteiger charge is 2.18. The van der Waals surface area contributed by atoms with E-state index >= 15 is 0 Å². The van der Waals surface area contributed by atoms with Gasteiger partial charge in [0.15, 0.2) is 5.78 Å². The maximum absolute atomic E-state index is 12.8. The number of aromatic amines is 1. The molecule has 4 aromatic rings. The fraction of sp³-hybridized carbons (Fsp3) is 0.0455. The molecule has 0 unspecified atom stereocenters. The molecule has 4 rings (SSSR count). The number of imidazole rings is 1. The minimum absolute atomic E-state index is 0.176. The summed E-state index contributed by atoms with van der Waals surface area (Å²) in [5, 5.41) is 2.84. The lowest BCUT2D eigenvalue weighted by Crippen LogP contribution is -2.25. The van der Waals surface area contributed by atoms with Gasteiger partial charge in [-0.25, -0.2) is 4.98 Å². The lowest BCUT2D eigenvalue weighted by Gasteiger charge is -2.09. The van der Waals surface area contributed by atoms with E-state index in [0.717, 1.165) is 11.0 Å². The van der Waals surface area contributed by atoms with Gasteiger partial charge >= 0.3 is 0 Å². The average Bonchev–Trinajstić information content (AvgIpc) is 3.15. The van der Waals surface area contributed by atoms with E-state index in [0.29, 0.717) is 22.5 Å². The van der Waals surface area contributed by atoms with Gasteiger partial charge in [0.25, 0.3) is 5.91 Å². The summed E-state index contributed by atoms with van der Waals surface area (Å²) in [5.41, 5.74) is 3.05. The highest BCUT2D eigenvalue weighted by atomic mass is 16.2. The van der Waals surface area contributed by atoms with Crippen LogP contribution in [0.5, 0.6) is 0 Å². The molecule has 1 heterocycles. The van der Waals surface area contributed by atoms with Gasteiger partial charge in [0.05, 0.1) is 23.1 Å². The van der Waals surface area contributed by atoms with E-state index in [1.54, 1.807) is 48.5 Å². The number of H-pyrrole nitrogens is 1. The maximum Gasteiger partial charge on any atom is 0.252 e. The second kappa shape index (κ2) is 7.25. The zero-order valence-corrected chi connectivity index (χ0v) is 14.5. The number of fused-ring (bicyclic) bond motifs is 1. The molecule has 0 aliphatic carbocycles. The molecule has 3 aromatic carbocycles. The van der Waals surface area contributed by atoms with E-state index in [9.17, 15) is 9.59 Å². The minimum Gasteiger partial charge on any atom is -0.345 e. The maximum atomic E-state index is 12.8. The molecule has 0 radical (unpaired) electrons. The molecule has 0 atom stereocenters. The fourth-order valence-electron chi connectivity index (χ4n) is 2.97. The monoisotopic (exact) mass is 355 g/mol. The minimum atomic E-state index is -0.310. The molecular weight excluding hydrogens is 338 g/mol. The van der Waals surface area contributed by atoms with Crippen LogP contribution >= 0.6 is 0 Å². The lowest BCUT2D eigenvalue weighted by atomic mass is 9.98. The second-order valence-corrected chi connectivity index (χ2v) is 6.12. The normalized spacial score (nSPS) is 10.7. The van der Waals surface area contributed by atoms with Gasteiger partial charge in [-0.3, -0.25) is 9.59 Å². The molecule has 1 amide bonds. The van der Waals surface area contributed by atoms with Crippen LogP contribution in [0.25, 0.3) is 11.0 Å². The summed E-state index contributed by atoms with van der Waals surface area (Å²) >= 11 is 0. The summed E-state index contributed by atoms with van der Waals surface area (Å²) in [7, 11) is 0. The molecule has 0 saturated heterocycles. The first kappa shape index (κ1) is 16.7. The molecule has 5 nitrogen and oxygen atoms in total. The number of nitrogens with zero attached hydrogens (tertiary/aromatic N) is 1. The Balaban J connectivity index is 1.54. The van der Waals surface area contributed by atoms with Crippen LogP contribution in [0.1, 0.15) is 32.1 Å². The SMILES string of the molecule is O=C(NCc1nc2ccccc2[nH]1)c1ccccc1C(=O)c1ccccc1. The number of hydrogen-bond acceptors (Lipinski definition) is 3. The predicted octanol–water partition coefficient (Wildman–Crippen LogP) is 3.72. The van der Waals surface area contributed by atoms with Gasteiger partial charge in [-0.15, -0.1) is 0 Å². The first-order chi connectivity index (χ1) is 13.2. The summed E-state index contributed by atoms with van der Waals surface area (Å²) in [4.78, 5) is 33.1. The van der Waals surface area contributed by atoms with Crippen LogP contribution < -0.4 is 5.32 Å². The van der Waals surface area contributed by atoms with Crippen LogP contribution in [-0.4, -0.2) is 21.7 Å². The number of amides is 1. The van der Waals surface area contributed by atoms with E-state index < -0.39 is 0 Å². The quantitative estimate of drug-likeness (QED) is 0.536. The van der Waals surface area contributed by atoms with Crippen LogP contribution in [0.15, 0.2) is 78.9 Å². The Bertz CT molecular complexity index is 1080. The first-order valence-electron chi connectivity index (χ1n) is 8.63. The Hall–Kier alpha value is -3.73. The van der Waals surface area contributed by atoms with Crippen LogP contribution in [-0.2, 0) is 6.54 Å². The topological polar surface area (TPSA) is 74.8 Å². The van der Waals surface area contributed by atoms with Crippen molar-refractivity contribution in [2.75, 3.05) is 0 Å². The third kappa shape index (κ3) is 3.48. The van der Waals surface area contributed by atoms with Crippen molar-refractivity contribution in [3.05, 3.63) is 101 Å². The summed E-state index contributed by atoms with van der Waals surface area (Å²) in [6, 6.07) is 23.5. The molecule has 0 aliphatic heterocycles. The number of carbonyl (C=O) groups excluding carboxylic acids is 2. The van der Waals surface area contributed by atoms with Crippen molar-refractivity contribution in [3.63, 3.8) is 0 Å². The summed E-state index contributed by atoms with van der Waals surface area (Å²) in [5.74, 6) is 0.178. The summed E-state index contributed by atoms with van der Waals surface area (Å²) in [6.07, 6.45) is 0. The van der Waals surface area contributed by atoms with Crippen molar-refractivity contribution in [1.29, 1.82) is 0 Å². The Morgan fingerprint density at radius 1 is 0.815 bits per heavy atom. The van der Waals surface area contributed by atoms with Crippen molar-refractivity contribution in [2.45, 2.75) is 6.54 Å². The smallest absolute Gasteiger partial charge is 0.252 e. The van der Waals surface area contributed by atoms with E-state index in [-0.39, 0.29) is 18.2 Å². The number of para-hydroxylation sites is 2. The van der Waals surface area contributed by atoms with Gasteiger partial charge in [-0.2, -0.15) is 0 Å². The number of aromatic nitrogens is 2. The van der Waals surface area contributed by atoms with Gasteiger partial charge in [0.2, 0.25) is 0 Å². The van der Waals surface area contributed by atoms with E-state index in [4.69, 9.17) is 0 Å². The highest BCUT2D eigenvalue weighted by Crippen LogP contribution is 2.15. The zero-order valence-electron chi connectivity index (χ0n) is 14.5. The van der Waals surface area contributed by atoms with Gasteiger partial charge in [-0.1, -0.05) is 60.7 Å². The number of benzene rings is 3. The number of carbonyl (C=O) groups is 2. The molecule has 0 spiro atoms. The molecule has 5 heteroatoms. The average molecular weight is 355 g/mol. The van der Waals surface area contributed by atoms with Crippen molar-refractivity contribution in [3.8, 4) is 0 Å². The molecule has 0 aliphatic rings. The summed E-state index contributed by atoms with van der Waals surface area (Å²) in [6.45, 7) is 0.251. The second-order valence-electron chi connectivity index (χ2n) is 6.12. The van der Waals surface area contributed by atoms with Crippen molar-refractivity contribution < 1.29 is 9.59 Å². The van der Waals surface area contributed by atoms with Crippen LogP contribution in [0.3, 0.4) is 0 Å². The molecule has 1 aromatic heterocycles. The predicted molar refractivity (Wildman–Crippen MR) is 104 cm³/mol. The molecule has 0 fully saturated rings. The Kier molecular flexibility index (Phi) is 4.49. The third-order valence-electron chi connectivity index (χ3n) is 4.31. The van der Waals surface area contributed by atoms with Gasteiger partial charge in [-0.05, 0) is 18.2 Å². The molecule has 2 N–H and O–H groups in total. The molecule has 132 valence electrons. The van der Waals surface area contributed by atoms with Crippen molar-refractivity contribution >= 4 is 22.7 Å². The van der Waals surface area contributed by atoms with Crippen LogP contribution in [0, 0.1) is 0 Å². The van der Waals surface area contributed by atoms with E-state index in [1.165, 1.54) is 0 Å². The third-order valence-corrected chi connectivity index (χ3v) is 4.31. The van der Waals surface area contributed by atoms with Gasteiger partial charge < -0.3 is 10.3 Å².